The third-order valence-corrected chi connectivity index (χ3v) is 4.69. The molecule has 0 spiro atoms. The molecule has 2 aromatic carbocycles. The number of hydrogen-bond acceptors (Lipinski definition) is 2. The molecule has 142 valence electrons. The fourth-order valence-electron chi connectivity index (χ4n) is 3.03. The Morgan fingerprint density at radius 3 is 2.38 bits per heavy atom. The van der Waals surface area contributed by atoms with Crippen molar-refractivity contribution >= 4 is 5.78 Å². The predicted octanol–water partition coefficient (Wildman–Crippen LogP) is 0.610. The lowest BCUT2D eigenvalue weighted by Crippen LogP contribution is -3.00. The summed E-state index contributed by atoms with van der Waals surface area (Å²) < 4.78 is 5.94. The molecular formula is C22H30ClNO2. The minimum Gasteiger partial charge on any atom is -1.00 e. The quantitative estimate of drug-likeness (QED) is 0.653. The van der Waals surface area contributed by atoms with Crippen LogP contribution in [0.5, 0.6) is 0 Å². The summed E-state index contributed by atoms with van der Waals surface area (Å²) in [6.45, 7) is 9.74. The maximum atomic E-state index is 12.4. The van der Waals surface area contributed by atoms with E-state index in [4.69, 9.17) is 4.74 Å². The normalized spacial score (nSPS) is 12.9. The van der Waals surface area contributed by atoms with Gasteiger partial charge in [-0.3, -0.25) is 4.79 Å². The highest BCUT2D eigenvalue weighted by Gasteiger charge is 2.22. The average molecular weight is 376 g/mol. The number of ketones is 1. The van der Waals surface area contributed by atoms with Gasteiger partial charge in [0, 0.05) is 12.2 Å². The van der Waals surface area contributed by atoms with Crippen molar-refractivity contribution in [3.05, 3.63) is 70.8 Å². The lowest BCUT2D eigenvalue weighted by Gasteiger charge is -2.22. The van der Waals surface area contributed by atoms with Crippen LogP contribution in [0.25, 0.3) is 0 Å². The molecule has 0 bridgehead atoms. The van der Waals surface area contributed by atoms with Crippen molar-refractivity contribution in [3.63, 3.8) is 0 Å². The maximum absolute atomic E-state index is 12.4. The van der Waals surface area contributed by atoms with Gasteiger partial charge in [-0.1, -0.05) is 42.5 Å². The van der Waals surface area contributed by atoms with E-state index in [1.807, 2.05) is 50.2 Å². The molecule has 0 aliphatic rings. The van der Waals surface area contributed by atoms with Crippen molar-refractivity contribution in [2.45, 2.75) is 46.3 Å². The number of hydrogen-bond donors (Lipinski definition) is 1. The van der Waals surface area contributed by atoms with Crippen LogP contribution < -0.4 is 17.7 Å². The first-order chi connectivity index (χ1) is 12.0. The van der Waals surface area contributed by atoms with Gasteiger partial charge < -0.3 is 22.5 Å². The zero-order chi connectivity index (χ0) is 18.2. The van der Waals surface area contributed by atoms with Crippen molar-refractivity contribution in [1.82, 2.24) is 0 Å². The maximum Gasteiger partial charge on any atom is 0.168 e. The SMILES string of the molecule is CCOC(c1ccccc1)C(C)[NH2+]CCC(=O)c1ccc(C)c(C)c1.[Cl-]. The molecule has 0 aliphatic carbocycles. The lowest BCUT2D eigenvalue weighted by molar-refractivity contribution is -0.693. The van der Waals surface area contributed by atoms with Gasteiger partial charge in [0.05, 0.1) is 13.0 Å². The number of nitrogens with two attached hydrogens (primary N) is 1. The van der Waals surface area contributed by atoms with Gasteiger partial charge in [0.15, 0.2) is 5.78 Å². The molecule has 2 rings (SSSR count). The summed E-state index contributed by atoms with van der Waals surface area (Å²) in [4.78, 5) is 12.4. The van der Waals surface area contributed by atoms with E-state index >= 15 is 0 Å². The van der Waals surface area contributed by atoms with Crippen LogP contribution in [-0.4, -0.2) is 25.0 Å². The van der Waals surface area contributed by atoms with Gasteiger partial charge in [0.2, 0.25) is 0 Å². The summed E-state index contributed by atoms with van der Waals surface area (Å²) in [7, 11) is 0. The van der Waals surface area contributed by atoms with Crippen LogP contribution in [0.2, 0.25) is 0 Å². The number of rotatable bonds is 9. The smallest absolute Gasteiger partial charge is 0.168 e. The van der Waals surface area contributed by atoms with Crippen molar-refractivity contribution < 1.29 is 27.3 Å². The van der Waals surface area contributed by atoms with Crippen LogP contribution in [-0.2, 0) is 4.74 Å². The van der Waals surface area contributed by atoms with Crippen LogP contribution in [0.4, 0.5) is 0 Å². The molecule has 2 N–H and O–H groups in total. The van der Waals surface area contributed by atoms with Gasteiger partial charge in [-0.15, -0.1) is 0 Å². The van der Waals surface area contributed by atoms with E-state index in [-0.39, 0.29) is 30.3 Å². The second-order valence-corrected chi connectivity index (χ2v) is 6.64. The van der Waals surface area contributed by atoms with E-state index < -0.39 is 0 Å². The monoisotopic (exact) mass is 375 g/mol. The molecule has 2 aromatic rings. The summed E-state index contributed by atoms with van der Waals surface area (Å²) in [5, 5.41) is 2.21. The van der Waals surface area contributed by atoms with Crippen LogP contribution in [0.3, 0.4) is 0 Å². The van der Waals surface area contributed by atoms with Crippen molar-refractivity contribution in [2.75, 3.05) is 13.2 Å². The third kappa shape index (κ3) is 6.24. The molecule has 0 fully saturated rings. The van der Waals surface area contributed by atoms with Crippen molar-refractivity contribution in [2.24, 2.45) is 0 Å². The van der Waals surface area contributed by atoms with E-state index in [1.165, 1.54) is 16.7 Å². The second-order valence-electron chi connectivity index (χ2n) is 6.64. The summed E-state index contributed by atoms with van der Waals surface area (Å²) >= 11 is 0. The Bertz CT molecular complexity index is 688. The number of carbonyl (C=O) groups is 1. The predicted molar refractivity (Wildman–Crippen MR) is 102 cm³/mol. The van der Waals surface area contributed by atoms with Gasteiger partial charge >= 0.3 is 0 Å². The highest BCUT2D eigenvalue weighted by Crippen LogP contribution is 2.19. The van der Waals surface area contributed by atoms with Crippen molar-refractivity contribution in [3.8, 4) is 0 Å². The fraction of sp³-hybridized carbons (Fsp3) is 0.409. The summed E-state index contributed by atoms with van der Waals surface area (Å²) in [6.07, 6.45) is 0.587. The molecule has 0 radical (unpaired) electrons. The molecular weight excluding hydrogens is 346 g/mol. The average Bonchev–Trinajstić information content (AvgIpc) is 2.62. The van der Waals surface area contributed by atoms with Gasteiger partial charge in [-0.05, 0) is 50.5 Å². The number of carbonyl (C=O) groups excluding carboxylic acids is 1. The van der Waals surface area contributed by atoms with Crippen LogP contribution in [0.15, 0.2) is 48.5 Å². The van der Waals surface area contributed by atoms with Gasteiger partial charge in [0.25, 0.3) is 0 Å². The summed E-state index contributed by atoms with van der Waals surface area (Å²) in [5.41, 5.74) is 4.39. The first kappa shape index (κ1) is 22.4. The molecule has 3 nitrogen and oxygen atoms in total. The first-order valence-electron chi connectivity index (χ1n) is 9.13. The molecule has 0 aliphatic heterocycles. The highest BCUT2D eigenvalue weighted by atomic mass is 35.5. The third-order valence-electron chi connectivity index (χ3n) is 4.69. The lowest BCUT2D eigenvalue weighted by atomic mass is 10.0. The second kappa shape index (κ2) is 11.1. The standard InChI is InChI=1S/C22H29NO2.ClH/c1-5-25-22(19-9-7-6-8-10-19)18(4)23-14-13-21(24)20-12-11-16(2)17(3)15-20;/h6-12,15,18,22-23H,5,13-14H2,1-4H3;1H. The number of benzene rings is 2. The molecule has 0 heterocycles. The van der Waals surface area contributed by atoms with Crippen LogP contribution in [0.1, 0.15) is 53.4 Å². The molecule has 0 aromatic heterocycles. The molecule has 4 heteroatoms. The van der Waals surface area contributed by atoms with E-state index in [2.05, 4.69) is 31.3 Å². The van der Waals surface area contributed by atoms with Gasteiger partial charge in [0.1, 0.15) is 12.1 Å². The molecule has 0 saturated heterocycles. The zero-order valence-corrected chi connectivity index (χ0v) is 16.9. The largest absolute Gasteiger partial charge is 1.00 e. The van der Waals surface area contributed by atoms with Crippen LogP contribution >= 0.6 is 0 Å². The zero-order valence-electron chi connectivity index (χ0n) is 16.2. The minimum atomic E-state index is 0. The fourth-order valence-corrected chi connectivity index (χ4v) is 3.03. The summed E-state index contributed by atoms with van der Waals surface area (Å²) in [5.74, 6) is 0.208. The Kier molecular flexibility index (Phi) is 9.57. The van der Waals surface area contributed by atoms with Gasteiger partial charge in [-0.2, -0.15) is 0 Å². The van der Waals surface area contributed by atoms with E-state index in [0.717, 1.165) is 12.1 Å². The van der Waals surface area contributed by atoms with E-state index in [9.17, 15) is 4.79 Å². The highest BCUT2D eigenvalue weighted by molar-refractivity contribution is 5.96. The Hall–Kier alpha value is -1.68. The number of aryl methyl sites for hydroxylation is 2. The van der Waals surface area contributed by atoms with E-state index in [0.29, 0.717) is 13.0 Å². The summed E-state index contributed by atoms with van der Waals surface area (Å²) in [6, 6.07) is 16.5. The number of Topliss-reactive ketones (excluding diaryl/α,β-unsaturated/α-hetero) is 1. The van der Waals surface area contributed by atoms with E-state index in [1.54, 1.807) is 0 Å². The molecule has 0 saturated carbocycles. The molecule has 2 unspecified atom stereocenters. The molecule has 26 heavy (non-hydrogen) atoms. The number of halogens is 1. The Morgan fingerprint density at radius 2 is 1.77 bits per heavy atom. The Balaban J connectivity index is 0.00000338. The Morgan fingerprint density at radius 1 is 1.08 bits per heavy atom. The number of quaternary nitrogens is 1. The first-order valence-corrected chi connectivity index (χ1v) is 9.13. The topological polar surface area (TPSA) is 42.9 Å². The number of ether oxygens (including phenoxy) is 1. The van der Waals surface area contributed by atoms with Crippen LogP contribution in [0, 0.1) is 13.8 Å². The molecule has 2 atom stereocenters. The Labute approximate surface area is 163 Å². The van der Waals surface area contributed by atoms with Crippen molar-refractivity contribution in [1.29, 1.82) is 0 Å². The minimum absolute atomic E-state index is 0. The molecule has 0 amide bonds. The van der Waals surface area contributed by atoms with Gasteiger partial charge in [-0.25, -0.2) is 0 Å².